The summed E-state index contributed by atoms with van der Waals surface area (Å²) in [6, 6.07) is 2.03. The number of nitrogens with one attached hydrogen (secondary N) is 1. The number of amides is 1. The van der Waals surface area contributed by atoms with E-state index in [9.17, 15) is 4.79 Å². The third-order valence-electron chi connectivity index (χ3n) is 4.77. The van der Waals surface area contributed by atoms with Gasteiger partial charge in [0.1, 0.15) is 0 Å². The van der Waals surface area contributed by atoms with Crippen LogP contribution in [0.4, 0.5) is 0 Å². The van der Waals surface area contributed by atoms with Crippen molar-refractivity contribution in [3.8, 4) is 0 Å². The maximum absolute atomic E-state index is 12.4. The van der Waals surface area contributed by atoms with Crippen molar-refractivity contribution in [3.05, 3.63) is 23.0 Å². The van der Waals surface area contributed by atoms with Gasteiger partial charge in [0, 0.05) is 44.1 Å². The summed E-state index contributed by atoms with van der Waals surface area (Å²) in [6.45, 7) is 10.4. The first-order valence-corrected chi connectivity index (χ1v) is 8.40. The first-order valence-electron chi connectivity index (χ1n) is 8.40. The summed E-state index contributed by atoms with van der Waals surface area (Å²) in [7, 11) is 0. The van der Waals surface area contributed by atoms with Crippen LogP contribution in [0.25, 0.3) is 0 Å². The Morgan fingerprint density at radius 2 is 2.05 bits per heavy atom. The molecule has 1 N–H and O–H groups in total. The third kappa shape index (κ3) is 3.70. The molecule has 0 unspecified atom stereocenters. The van der Waals surface area contributed by atoms with Crippen LogP contribution in [0.1, 0.15) is 34.6 Å². The Balaban J connectivity index is 1.52. The van der Waals surface area contributed by atoms with Crippen LogP contribution in [0.5, 0.6) is 0 Å². The highest BCUT2D eigenvalue weighted by Gasteiger charge is 2.24. The molecule has 0 spiro atoms. The van der Waals surface area contributed by atoms with Gasteiger partial charge in [-0.2, -0.15) is 0 Å². The Labute approximate surface area is 132 Å². The van der Waals surface area contributed by atoms with Gasteiger partial charge in [0.15, 0.2) is 0 Å². The zero-order valence-electron chi connectivity index (χ0n) is 13.7. The predicted octanol–water partition coefficient (Wildman–Crippen LogP) is 1.58. The summed E-state index contributed by atoms with van der Waals surface area (Å²) in [5.41, 5.74) is 3.14. The van der Waals surface area contributed by atoms with Crippen LogP contribution >= 0.6 is 0 Å². The van der Waals surface area contributed by atoms with Crippen molar-refractivity contribution < 1.29 is 9.53 Å². The molecule has 1 aromatic heterocycles. The van der Waals surface area contributed by atoms with Gasteiger partial charge < -0.3 is 14.6 Å². The van der Waals surface area contributed by atoms with E-state index in [0.717, 1.165) is 56.6 Å². The third-order valence-corrected chi connectivity index (χ3v) is 4.77. The largest absolute Gasteiger partial charge is 0.379 e. The van der Waals surface area contributed by atoms with Crippen LogP contribution < -0.4 is 5.32 Å². The molecule has 2 fully saturated rings. The van der Waals surface area contributed by atoms with Gasteiger partial charge in [-0.25, -0.2) is 0 Å². The van der Waals surface area contributed by atoms with Gasteiger partial charge in [-0.05, 0) is 38.7 Å². The summed E-state index contributed by atoms with van der Waals surface area (Å²) in [5.74, 6) is 0.880. The van der Waals surface area contributed by atoms with E-state index in [1.807, 2.05) is 6.07 Å². The highest BCUT2D eigenvalue weighted by molar-refractivity contribution is 5.95. The maximum atomic E-state index is 12.4. The second-order valence-electron chi connectivity index (χ2n) is 6.55. The average molecular weight is 305 g/mol. The molecule has 1 saturated heterocycles. The lowest BCUT2D eigenvalue weighted by molar-refractivity contribution is 0.0383. The van der Waals surface area contributed by atoms with E-state index >= 15 is 0 Å². The van der Waals surface area contributed by atoms with E-state index in [4.69, 9.17) is 4.74 Å². The van der Waals surface area contributed by atoms with E-state index in [-0.39, 0.29) is 5.91 Å². The minimum absolute atomic E-state index is 0.0587. The van der Waals surface area contributed by atoms with Gasteiger partial charge in [0.05, 0.1) is 18.8 Å². The minimum atomic E-state index is 0.0587. The lowest BCUT2D eigenvalue weighted by Gasteiger charge is -2.26. The molecule has 22 heavy (non-hydrogen) atoms. The van der Waals surface area contributed by atoms with Crippen molar-refractivity contribution in [2.75, 3.05) is 39.4 Å². The first kappa shape index (κ1) is 15.6. The molecule has 3 rings (SSSR count). The van der Waals surface area contributed by atoms with Crippen molar-refractivity contribution in [2.24, 2.45) is 5.92 Å². The molecular weight excluding hydrogens is 278 g/mol. The molecular formula is C17H27N3O2. The molecule has 0 bridgehead atoms. The van der Waals surface area contributed by atoms with Gasteiger partial charge in [-0.1, -0.05) is 0 Å². The standard InChI is InChI=1S/C17H27N3O2/c1-13-11-16(14(2)20(13)12-15-3-4-15)17(21)18-5-6-19-7-9-22-10-8-19/h11,15H,3-10,12H2,1-2H3,(H,18,21). The Hall–Kier alpha value is -1.33. The van der Waals surface area contributed by atoms with E-state index in [1.54, 1.807) is 0 Å². The van der Waals surface area contributed by atoms with E-state index in [0.29, 0.717) is 6.54 Å². The normalized spacial score (nSPS) is 19.4. The first-order chi connectivity index (χ1) is 10.6. The fraction of sp³-hybridized carbons (Fsp3) is 0.706. The number of nitrogens with zero attached hydrogens (tertiary/aromatic N) is 2. The van der Waals surface area contributed by atoms with Crippen LogP contribution in [-0.4, -0.2) is 54.8 Å². The molecule has 1 aromatic rings. The number of carbonyl (C=O) groups excluding carboxylic acids is 1. The molecule has 0 aromatic carbocycles. The topological polar surface area (TPSA) is 46.5 Å². The van der Waals surface area contributed by atoms with Crippen LogP contribution in [0.15, 0.2) is 6.07 Å². The van der Waals surface area contributed by atoms with Crippen LogP contribution in [0.3, 0.4) is 0 Å². The van der Waals surface area contributed by atoms with Crippen LogP contribution in [0, 0.1) is 19.8 Å². The maximum Gasteiger partial charge on any atom is 0.253 e. The molecule has 1 aliphatic carbocycles. The lowest BCUT2D eigenvalue weighted by Crippen LogP contribution is -2.41. The van der Waals surface area contributed by atoms with Crippen LogP contribution in [-0.2, 0) is 11.3 Å². The fourth-order valence-electron chi connectivity index (χ4n) is 3.12. The minimum Gasteiger partial charge on any atom is -0.379 e. The molecule has 1 aliphatic heterocycles. The second kappa shape index (κ2) is 6.84. The number of ether oxygens (including phenoxy) is 1. The van der Waals surface area contributed by atoms with Gasteiger partial charge in [0.2, 0.25) is 0 Å². The Bertz CT molecular complexity index is 528. The van der Waals surface area contributed by atoms with Gasteiger partial charge in [-0.3, -0.25) is 9.69 Å². The average Bonchev–Trinajstić information content (AvgIpc) is 3.29. The molecule has 0 atom stereocenters. The number of aryl methyl sites for hydroxylation is 1. The monoisotopic (exact) mass is 305 g/mol. The molecule has 5 heteroatoms. The summed E-state index contributed by atoms with van der Waals surface area (Å²) < 4.78 is 7.63. The quantitative estimate of drug-likeness (QED) is 0.868. The zero-order valence-corrected chi connectivity index (χ0v) is 13.7. The molecule has 5 nitrogen and oxygen atoms in total. The molecule has 0 radical (unpaired) electrons. The van der Waals surface area contributed by atoms with Gasteiger partial charge in [-0.15, -0.1) is 0 Å². The van der Waals surface area contributed by atoms with Crippen molar-refractivity contribution >= 4 is 5.91 Å². The summed E-state index contributed by atoms with van der Waals surface area (Å²) >= 11 is 0. The van der Waals surface area contributed by atoms with Crippen LogP contribution in [0.2, 0.25) is 0 Å². The van der Waals surface area contributed by atoms with Crippen molar-refractivity contribution in [2.45, 2.75) is 33.2 Å². The van der Waals surface area contributed by atoms with Crippen molar-refractivity contribution in [1.82, 2.24) is 14.8 Å². The summed E-state index contributed by atoms with van der Waals surface area (Å²) in [4.78, 5) is 14.7. The number of morpholine rings is 1. The molecule has 1 amide bonds. The van der Waals surface area contributed by atoms with Crippen molar-refractivity contribution in [3.63, 3.8) is 0 Å². The fourth-order valence-corrected chi connectivity index (χ4v) is 3.12. The number of carbonyl (C=O) groups is 1. The Kier molecular flexibility index (Phi) is 4.84. The van der Waals surface area contributed by atoms with E-state index < -0.39 is 0 Å². The predicted molar refractivity (Wildman–Crippen MR) is 86.2 cm³/mol. The number of rotatable bonds is 6. The Morgan fingerprint density at radius 1 is 1.32 bits per heavy atom. The highest BCUT2D eigenvalue weighted by atomic mass is 16.5. The highest BCUT2D eigenvalue weighted by Crippen LogP contribution is 2.32. The molecule has 2 aliphatic rings. The Morgan fingerprint density at radius 3 is 2.73 bits per heavy atom. The summed E-state index contributed by atoms with van der Waals surface area (Å²) in [5, 5.41) is 3.06. The second-order valence-corrected chi connectivity index (χ2v) is 6.55. The number of hydrogen-bond acceptors (Lipinski definition) is 3. The molecule has 1 saturated carbocycles. The zero-order chi connectivity index (χ0) is 15.5. The molecule has 122 valence electrons. The smallest absolute Gasteiger partial charge is 0.253 e. The van der Waals surface area contributed by atoms with E-state index in [2.05, 4.69) is 28.6 Å². The van der Waals surface area contributed by atoms with E-state index in [1.165, 1.54) is 18.5 Å². The van der Waals surface area contributed by atoms with Gasteiger partial charge >= 0.3 is 0 Å². The van der Waals surface area contributed by atoms with Gasteiger partial charge in [0.25, 0.3) is 5.91 Å². The lowest BCUT2D eigenvalue weighted by atomic mass is 10.2. The van der Waals surface area contributed by atoms with Crippen molar-refractivity contribution in [1.29, 1.82) is 0 Å². The molecule has 2 heterocycles. The number of hydrogen-bond donors (Lipinski definition) is 1. The SMILES string of the molecule is Cc1cc(C(=O)NCCN2CCOCC2)c(C)n1CC1CC1. The summed E-state index contributed by atoms with van der Waals surface area (Å²) in [6.07, 6.45) is 2.66. The number of aromatic nitrogens is 1.